The van der Waals surface area contributed by atoms with Gasteiger partial charge >= 0.3 is 0 Å². The maximum Gasteiger partial charge on any atom is 0.284 e. The second kappa shape index (κ2) is 7.59. The number of hydroxylamine groups is 1. The lowest BCUT2D eigenvalue weighted by Crippen LogP contribution is -2.35. The number of amides is 1. The fraction of sp³-hybridized carbons (Fsp3) is 0.353. The van der Waals surface area contributed by atoms with Crippen molar-refractivity contribution in [1.82, 2.24) is 5.48 Å². The van der Waals surface area contributed by atoms with Gasteiger partial charge in [-0.25, -0.2) is 5.48 Å². The number of thiophene rings is 1. The summed E-state index contributed by atoms with van der Waals surface area (Å²) in [6, 6.07) is 12.1. The molecule has 23 heavy (non-hydrogen) atoms. The van der Waals surface area contributed by atoms with Crippen LogP contribution in [0, 0.1) is 0 Å². The van der Waals surface area contributed by atoms with Gasteiger partial charge in [0.2, 0.25) is 0 Å². The topological polar surface area (TPSA) is 50.8 Å². The minimum atomic E-state index is -0.200. The van der Waals surface area contributed by atoms with Crippen molar-refractivity contribution < 1.29 is 14.4 Å². The Bertz CT molecular complexity index is 651. The molecule has 1 aliphatic heterocycles. The standard InChI is InChI=1S/C17H20N2O3S/c1-2-22-18-16(20)15-12-14(13-6-4-3-5-7-13)17(23-15)19-8-10-21-11-9-19/h3-7,12H,2,8-11H2,1H3,(H,18,20). The molecule has 2 heterocycles. The van der Waals surface area contributed by atoms with E-state index in [2.05, 4.69) is 22.5 Å². The van der Waals surface area contributed by atoms with Crippen LogP contribution in [0.1, 0.15) is 16.6 Å². The third-order valence-corrected chi connectivity index (χ3v) is 4.82. The number of rotatable bonds is 5. The Kier molecular flexibility index (Phi) is 5.27. The number of carbonyl (C=O) groups excluding carboxylic acids is 1. The molecule has 0 saturated carbocycles. The first kappa shape index (κ1) is 16.0. The molecule has 0 unspecified atom stereocenters. The maximum absolute atomic E-state index is 12.2. The Balaban J connectivity index is 1.94. The average Bonchev–Trinajstić information content (AvgIpc) is 3.06. The number of hydrogen-bond donors (Lipinski definition) is 1. The van der Waals surface area contributed by atoms with Crippen LogP contribution in [0.2, 0.25) is 0 Å². The molecule has 5 nitrogen and oxygen atoms in total. The zero-order valence-corrected chi connectivity index (χ0v) is 13.9. The van der Waals surface area contributed by atoms with Crippen LogP contribution in [0.3, 0.4) is 0 Å². The molecule has 1 aromatic heterocycles. The van der Waals surface area contributed by atoms with Crippen LogP contribution >= 0.6 is 11.3 Å². The van der Waals surface area contributed by atoms with Crippen LogP contribution in [0.15, 0.2) is 36.4 Å². The average molecular weight is 332 g/mol. The van der Waals surface area contributed by atoms with Crippen molar-refractivity contribution in [2.45, 2.75) is 6.92 Å². The Morgan fingerprint density at radius 1 is 1.30 bits per heavy atom. The molecule has 0 radical (unpaired) electrons. The van der Waals surface area contributed by atoms with E-state index >= 15 is 0 Å². The summed E-state index contributed by atoms with van der Waals surface area (Å²) in [6.07, 6.45) is 0. The molecule has 1 aliphatic rings. The molecule has 1 fully saturated rings. The third kappa shape index (κ3) is 3.72. The van der Waals surface area contributed by atoms with Crippen molar-refractivity contribution in [3.63, 3.8) is 0 Å². The van der Waals surface area contributed by atoms with Gasteiger partial charge in [0, 0.05) is 18.7 Å². The lowest BCUT2D eigenvalue weighted by Gasteiger charge is -2.28. The van der Waals surface area contributed by atoms with E-state index in [1.165, 1.54) is 11.3 Å². The van der Waals surface area contributed by atoms with Crippen LogP contribution < -0.4 is 10.4 Å². The first-order valence-electron chi connectivity index (χ1n) is 7.73. The van der Waals surface area contributed by atoms with Gasteiger partial charge < -0.3 is 9.64 Å². The Morgan fingerprint density at radius 2 is 2.04 bits per heavy atom. The molecule has 1 aromatic carbocycles. The van der Waals surface area contributed by atoms with Crippen molar-refractivity contribution in [1.29, 1.82) is 0 Å². The summed E-state index contributed by atoms with van der Waals surface area (Å²) in [5.41, 5.74) is 4.67. The van der Waals surface area contributed by atoms with Gasteiger partial charge in [-0.2, -0.15) is 0 Å². The zero-order valence-electron chi connectivity index (χ0n) is 13.1. The molecule has 122 valence electrons. The monoisotopic (exact) mass is 332 g/mol. The highest BCUT2D eigenvalue weighted by molar-refractivity contribution is 7.18. The molecule has 0 aliphatic carbocycles. The Labute approximate surface area is 139 Å². The Morgan fingerprint density at radius 3 is 2.74 bits per heavy atom. The zero-order chi connectivity index (χ0) is 16.1. The van der Waals surface area contributed by atoms with Crippen LogP contribution in [-0.2, 0) is 9.57 Å². The van der Waals surface area contributed by atoms with Crippen molar-refractivity contribution in [3.8, 4) is 11.1 Å². The highest BCUT2D eigenvalue weighted by Crippen LogP contribution is 2.39. The highest BCUT2D eigenvalue weighted by atomic mass is 32.1. The number of morpholine rings is 1. The van der Waals surface area contributed by atoms with Crippen LogP contribution in [-0.4, -0.2) is 38.8 Å². The largest absolute Gasteiger partial charge is 0.378 e. The summed E-state index contributed by atoms with van der Waals surface area (Å²) in [6.45, 7) is 5.39. The van der Waals surface area contributed by atoms with Crippen molar-refractivity contribution >= 4 is 22.2 Å². The summed E-state index contributed by atoms with van der Waals surface area (Å²) in [7, 11) is 0. The van der Waals surface area contributed by atoms with Gasteiger partial charge in [0.25, 0.3) is 5.91 Å². The number of nitrogens with one attached hydrogen (secondary N) is 1. The number of anilines is 1. The third-order valence-electron chi connectivity index (χ3n) is 3.63. The number of carbonyl (C=O) groups is 1. The normalized spacial score (nSPS) is 14.7. The predicted molar refractivity (Wildman–Crippen MR) is 91.9 cm³/mol. The molecule has 3 rings (SSSR count). The first-order valence-corrected chi connectivity index (χ1v) is 8.55. The van der Waals surface area contributed by atoms with Crippen molar-refractivity contribution in [3.05, 3.63) is 41.3 Å². The van der Waals surface area contributed by atoms with Crippen LogP contribution in [0.25, 0.3) is 11.1 Å². The van der Waals surface area contributed by atoms with Gasteiger partial charge in [0.1, 0.15) is 0 Å². The number of nitrogens with zero attached hydrogens (tertiary/aromatic N) is 1. The fourth-order valence-electron chi connectivity index (χ4n) is 2.51. The summed E-state index contributed by atoms with van der Waals surface area (Å²) < 4.78 is 5.44. The van der Waals surface area contributed by atoms with E-state index in [1.807, 2.05) is 31.2 Å². The van der Waals surface area contributed by atoms with Gasteiger partial charge in [-0.3, -0.25) is 9.63 Å². The summed E-state index contributed by atoms with van der Waals surface area (Å²) >= 11 is 1.50. The van der Waals surface area contributed by atoms with Gasteiger partial charge in [0.05, 0.1) is 29.7 Å². The van der Waals surface area contributed by atoms with E-state index in [1.54, 1.807) is 0 Å². The molecule has 0 spiro atoms. The SMILES string of the molecule is CCONC(=O)c1cc(-c2ccccc2)c(N2CCOCC2)s1. The van der Waals surface area contributed by atoms with Gasteiger partial charge in [-0.1, -0.05) is 30.3 Å². The lowest BCUT2D eigenvalue weighted by atomic mass is 10.1. The summed E-state index contributed by atoms with van der Waals surface area (Å²) in [5, 5.41) is 1.11. The van der Waals surface area contributed by atoms with E-state index in [0.717, 1.165) is 29.2 Å². The minimum Gasteiger partial charge on any atom is -0.378 e. The fourth-order valence-corrected chi connectivity index (χ4v) is 3.63. The molecular formula is C17H20N2O3S. The van der Waals surface area contributed by atoms with E-state index in [4.69, 9.17) is 9.57 Å². The maximum atomic E-state index is 12.2. The van der Waals surface area contributed by atoms with Gasteiger partial charge in [-0.05, 0) is 18.6 Å². The molecule has 1 N–H and O–H groups in total. The molecule has 0 bridgehead atoms. The minimum absolute atomic E-state index is 0.200. The predicted octanol–water partition coefficient (Wildman–Crippen LogP) is 2.93. The molecule has 6 heteroatoms. The molecule has 0 atom stereocenters. The van der Waals surface area contributed by atoms with E-state index in [9.17, 15) is 4.79 Å². The second-order valence-corrected chi connectivity index (χ2v) is 6.19. The van der Waals surface area contributed by atoms with E-state index < -0.39 is 0 Å². The van der Waals surface area contributed by atoms with Crippen LogP contribution in [0.4, 0.5) is 5.00 Å². The molecule has 1 amide bonds. The quantitative estimate of drug-likeness (QED) is 0.856. The second-order valence-electron chi connectivity index (χ2n) is 5.16. The van der Waals surface area contributed by atoms with Gasteiger partial charge in [0.15, 0.2) is 0 Å². The van der Waals surface area contributed by atoms with Crippen LogP contribution in [0.5, 0.6) is 0 Å². The van der Waals surface area contributed by atoms with Crippen molar-refractivity contribution in [2.24, 2.45) is 0 Å². The first-order chi connectivity index (χ1) is 11.3. The van der Waals surface area contributed by atoms with Crippen molar-refractivity contribution in [2.75, 3.05) is 37.8 Å². The molecular weight excluding hydrogens is 312 g/mol. The van der Waals surface area contributed by atoms with E-state index in [-0.39, 0.29) is 5.91 Å². The number of ether oxygens (including phenoxy) is 1. The smallest absolute Gasteiger partial charge is 0.284 e. The molecule has 2 aromatic rings. The highest BCUT2D eigenvalue weighted by Gasteiger charge is 2.21. The number of hydrogen-bond acceptors (Lipinski definition) is 5. The van der Waals surface area contributed by atoms with E-state index in [0.29, 0.717) is 24.7 Å². The number of benzene rings is 1. The summed E-state index contributed by atoms with van der Waals surface area (Å²) in [5.74, 6) is -0.200. The summed E-state index contributed by atoms with van der Waals surface area (Å²) in [4.78, 5) is 20.2. The lowest BCUT2D eigenvalue weighted by molar-refractivity contribution is 0.0368. The Hall–Kier alpha value is -1.89. The molecule has 1 saturated heterocycles. The van der Waals surface area contributed by atoms with Gasteiger partial charge in [-0.15, -0.1) is 11.3 Å².